The van der Waals surface area contributed by atoms with Gasteiger partial charge in [0.05, 0.1) is 13.1 Å². The third-order valence-corrected chi connectivity index (χ3v) is 4.24. The van der Waals surface area contributed by atoms with Gasteiger partial charge < -0.3 is 4.74 Å². The second-order valence-electron chi connectivity index (χ2n) is 6.40. The SMILES string of the molecule is Cc1ccc(OCCN=CC2C(=O)NC(=O)N(Cc3ccccc3)C2=O)cc1. The zero-order valence-corrected chi connectivity index (χ0v) is 15.5. The lowest BCUT2D eigenvalue weighted by Crippen LogP contribution is -2.57. The van der Waals surface area contributed by atoms with Gasteiger partial charge in [0, 0.05) is 6.21 Å². The van der Waals surface area contributed by atoms with Crippen molar-refractivity contribution < 1.29 is 19.1 Å². The average Bonchev–Trinajstić information content (AvgIpc) is 2.69. The van der Waals surface area contributed by atoms with Crippen LogP contribution in [0.4, 0.5) is 4.79 Å². The maximum absolute atomic E-state index is 12.6. The number of ether oxygens (including phenoxy) is 1. The number of carbonyl (C=O) groups excluding carboxylic acids is 3. The van der Waals surface area contributed by atoms with Crippen LogP contribution in [-0.2, 0) is 16.1 Å². The number of urea groups is 1. The van der Waals surface area contributed by atoms with E-state index in [0.29, 0.717) is 6.61 Å². The summed E-state index contributed by atoms with van der Waals surface area (Å²) in [6.07, 6.45) is 1.28. The van der Waals surface area contributed by atoms with E-state index in [0.717, 1.165) is 21.8 Å². The van der Waals surface area contributed by atoms with E-state index in [2.05, 4.69) is 10.3 Å². The molecule has 1 unspecified atom stereocenters. The summed E-state index contributed by atoms with van der Waals surface area (Å²) in [5, 5.41) is 2.21. The molecule has 4 amide bonds. The Morgan fingerprint density at radius 1 is 1.07 bits per heavy atom. The lowest BCUT2D eigenvalue weighted by Gasteiger charge is -2.28. The third-order valence-electron chi connectivity index (χ3n) is 4.24. The number of hydrogen-bond donors (Lipinski definition) is 1. The summed E-state index contributed by atoms with van der Waals surface area (Å²) in [7, 11) is 0. The number of amides is 4. The fourth-order valence-electron chi connectivity index (χ4n) is 2.71. The third kappa shape index (κ3) is 4.82. The molecule has 7 heteroatoms. The quantitative estimate of drug-likeness (QED) is 0.454. The van der Waals surface area contributed by atoms with Crippen molar-refractivity contribution in [3.05, 3.63) is 65.7 Å². The smallest absolute Gasteiger partial charge is 0.331 e. The predicted molar refractivity (Wildman–Crippen MR) is 104 cm³/mol. The molecule has 1 aliphatic heterocycles. The Morgan fingerprint density at radius 2 is 1.79 bits per heavy atom. The van der Waals surface area contributed by atoms with Gasteiger partial charge in [-0.1, -0.05) is 48.0 Å². The van der Waals surface area contributed by atoms with Crippen LogP contribution < -0.4 is 10.1 Å². The number of nitrogens with one attached hydrogen (secondary N) is 1. The monoisotopic (exact) mass is 379 g/mol. The maximum atomic E-state index is 12.6. The first-order valence-corrected chi connectivity index (χ1v) is 8.94. The number of nitrogens with zero attached hydrogens (tertiary/aromatic N) is 2. The molecule has 1 heterocycles. The Hall–Kier alpha value is -3.48. The number of hydrogen-bond acceptors (Lipinski definition) is 5. The second kappa shape index (κ2) is 8.94. The standard InChI is InChI=1S/C21H21N3O4/c1-15-7-9-17(10-8-15)28-12-11-22-13-18-19(25)23-21(27)24(20(18)26)14-16-5-3-2-4-6-16/h2-10,13,18H,11-12,14H2,1H3,(H,23,25,27). The Balaban J connectivity index is 1.56. The van der Waals surface area contributed by atoms with E-state index in [1.165, 1.54) is 6.21 Å². The molecule has 144 valence electrons. The van der Waals surface area contributed by atoms with Crippen LogP contribution in [-0.4, -0.2) is 42.1 Å². The van der Waals surface area contributed by atoms with Crippen molar-refractivity contribution in [3.8, 4) is 5.75 Å². The molecule has 0 radical (unpaired) electrons. The lowest BCUT2D eigenvalue weighted by atomic mass is 10.1. The molecule has 1 N–H and O–H groups in total. The molecule has 28 heavy (non-hydrogen) atoms. The summed E-state index contributed by atoms with van der Waals surface area (Å²) in [5.74, 6) is -1.64. The molecular formula is C21H21N3O4. The van der Waals surface area contributed by atoms with Crippen LogP contribution in [0.5, 0.6) is 5.75 Å². The van der Waals surface area contributed by atoms with Crippen LogP contribution in [0.3, 0.4) is 0 Å². The van der Waals surface area contributed by atoms with Crippen LogP contribution in [0, 0.1) is 12.8 Å². The van der Waals surface area contributed by atoms with Crippen molar-refractivity contribution in [1.29, 1.82) is 0 Å². The van der Waals surface area contributed by atoms with E-state index in [-0.39, 0.29) is 13.1 Å². The molecule has 0 aliphatic carbocycles. The van der Waals surface area contributed by atoms with E-state index >= 15 is 0 Å². The van der Waals surface area contributed by atoms with Crippen molar-refractivity contribution in [2.45, 2.75) is 13.5 Å². The highest BCUT2D eigenvalue weighted by Gasteiger charge is 2.39. The first kappa shape index (κ1) is 19.3. The highest BCUT2D eigenvalue weighted by molar-refractivity contribution is 6.23. The Morgan fingerprint density at radius 3 is 2.50 bits per heavy atom. The minimum absolute atomic E-state index is 0.0969. The zero-order chi connectivity index (χ0) is 19.9. The summed E-state index contributed by atoms with van der Waals surface area (Å²) < 4.78 is 5.56. The van der Waals surface area contributed by atoms with E-state index < -0.39 is 23.8 Å². The van der Waals surface area contributed by atoms with Crippen molar-refractivity contribution >= 4 is 24.1 Å². The molecule has 0 saturated carbocycles. The largest absolute Gasteiger partial charge is 0.492 e. The van der Waals surface area contributed by atoms with Crippen LogP contribution in [0.2, 0.25) is 0 Å². The Bertz CT molecular complexity index is 878. The number of imide groups is 2. The first-order chi connectivity index (χ1) is 13.5. The fraction of sp³-hybridized carbons (Fsp3) is 0.238. The molecule has 0 spiro atoms. The molecule has 0 aromatic heterocycles. The normalized spacial score (nSPS) is 17.1. The number of benzene rings is 2. The number of rotatable bonds is 7. The first-order valence-electron chi connectivity index (χ1n) is 8.94. The van der Waals surface area contributed by atoms with Gasteiger partial charge >= 0.3 is 6.03 Å². The summed E-state index contributed by atoms with van der Waals surface area (Å²) in [6, 6.07) is 16.0. The molecule has 3 rings (SSSR count). The van der Waals surface area contributed by atoms with Gasteiger partial charge in [0.25, 0.3) is 0 Å². The van der Waals surface area contributed by atoms with Crippen molar-refractivity contribution in [2.24, 2.45) is 10.9 Å². The summed E-state index contributed by atoms with van der Waals surface area (Å²) in [5.41, 5.74) is 1.93. The van der Waals surface area contributed by atoms with E-state index in [1.807, 2.05) is 61.5 Å². The van der Waals surface area contributed by atoms with Crippen LogP contribution in [0.15, 0.2) is 59.6 Å². The van der Waals surface area contributed by atoms with Gasteiger partial charge in [-0.15, -0.1) is 0 Å². The average molecular weight is 379 g/mol. The zero-order valence-electron chi connectivity index (χ0n) is 15.5. The molecule has 2 aromatic rings. The second-order valence-corrected chi connectivity index (χ2v) is 6.40. The van der Waals surface area contributed by atoms with Gasteiger partial charge in [-0.25, -0.2) is 4.79 Å². The van der Waals surface area contributed by atoms with Gasteiger partial charge in [-0.2, -0.15) is 0 Å². The Kier molecular flexibility index (Phi) is 6.16. The molecule has 0 bridgehead atoms. The molecule has 1 saturated heterocycles. The minimum atomic E-state index is -1.12. The van der Waals surface area contributed by atoms with Crippen molar-refractivity contribution in [1.82, 2.24) is 10.2 Å². The lowest BCUT2D eigenvalue weighted by molar-refractivity contribution is -0.139. The number of carbonyl (C=O) groups is 3. The summed E-state index contributed by atoms with van der Waals surface area (Å²) in [6.45, 7) is 2.69. The topological polar surface area (TPSA) is 88.1 Å². The molecule has 1 aliphatic rings. The number of aliphatic imine (C=N–C) groups is 1. The van der Waals surface area contributed by atoms with Crippen LogP contribution in [0.1, 0.15) is 11.1 Å². The van der Waals surface area contributed by atoms with Gasteiger partial charge in [0.1, 0.15) is 12.4 Å². The van der Waals surface area contributed by atoms with Gasteiger partial charge in [-0.05, 0) is 24.6 Å². The van der Waals surface area contributed by atoms with Gasteiger partial charge in [-0.3, -0.25) is 24.8 Å². The van der Waals surface area contributed by atoms with Gasteiger partial charge in [0.15, 0.2) is 5.92 Å². The Labute approximate surface area is 163 Å². The highest BCUT2D eigenvalue weighted by atomic mass is 16.5. The van der Waals surface area contributed by atoms with E-state index in [9.17, 15) is 14.4 Å². The predicted octanol–water partition coefficient (Wildman–Crippen LogP) is 2.34. The molecule has 2 aromatic carbocycles. The molecular weight excluding hydrogens is 358 g/mol. The number of aryl methyl sites for hydroxylation is 1. The van der Waals surface area contributed by atoms with E-state index in [4.69, 9.17) is 4.74 Å². The maximum Gasteiger partial charge on any atom is 0.331 e. The van der Waals surface area contributed by atoms with Crippen LogP contribution in [0.25, 0.3) is 0 Å². The van der Waals surface area contributed by atoms with Gasteiger partial charge in [0.2, 0.25) is 11.8 Å². The van der Waals surface area contributed by atoms with E-state index in [1.54, 1.807) is 0 Å². The molecule has 7 nitrogen and oxygen atoms in total. The minimum Gasteiger partial charge on any atom is -0.492 e. The number of barbiturate groups is 1. The summed E-state index contributed by atoms with van der Waals surface area (Å²) in [4.78, 5) is 41.8. The highest BCUT2D eigenvalue weighted by Crippen LogP contribution is 2.14. The van der Waals surface area contributed by atoms with Crippen LogP contribution >= 0.6 is 0 Å². The molecule has 1 fully saturated rings. The summed E-state index contributed by atoms with van der Waals surface area (Å²) >= 11 is 0. The molecule has 1 atom stereocenters. The van der Waals surface area contributed by atoms with Crippen molar-refractivity contribution in [3.63, 3.8) is 0 Å². The fourth-order valence-corrected chi connectivity index (χ4v) is 2.71. The van der Waals surface area contributed by atoms with Crippen molar-refractivity contribution in [2.75, 3.05) is 13.2 Å².